The summed E-state index contributed by atoms with van der Waals surface area (Å²) in [5.74, 6) is 1.45. The molecule has 0 radical (unpaired) electrons. The van der Waals surface area contributed by atoms with Crippen molar-refractivity contribution in [3.05, 3.63) is 93.5 Å². The predicted molar refractivity (Wildman–Crippen MR) is 132 cm³/mol. The highest BCUT2D eigenvalue weighted by molar-refractivity contribution is 5.56. The number of benzene rings is 3. The van der Waals surface area contributed by atoms with Crippen LogP contribution in [0.5, 0.6) is 17.2 Å². The van der Waals surface area contributed by atoms with Crippen molar-refractivity contribution in [2.45, 2.75) is 31.8 Å². The van der Waals surface area contributed by atoms with Gasteiger partial charge in [-0.05, 0) is 41.3 Å². The molecule has 0 N–H and O–H groups in total. The summed E-state index contributed by atoms with van der Waals surface area (Å²) in [6.07, 6.45) is 0.619. The van der Waals surface area contributed by atoms with Gasteiger partial charge in [-0.1, -0.05) is 42.5 Å². The number of nitro groups is 1. The summed E-state index contributed by atoms with van der Waals surface area (Å²) in [5.41, 5.74) is 2.47. The Morgan fingerprint density at radius 3 is 2.39 bits per heavy atom. The summed E-state index contributed by atoms with van der Waals surface area (Å²) in [7, 11) is 3.16. The topological polar surface area (TPSA) is 100 Å². The van der Waals surface area contributed by atoms with Crippen LogP contribution in [-0.4, -0.2) is 49.2 Å². The smallest absolute Gasteiger partial charge is 0.311 e. The van der Waals surface area contributed by atoms with Crippen LogP contribution in [0.15, 0.2) is 66.7 Å². The number of methoxy groups -OCH3 is 2. The lowest BCUT2D eigenvalue weighted by Gasteiger charge is -2.25. The molecule has 1 aliphatic heterocycles. The van der Waals surface area contributed by atoms with E-state index in [1.165, 1.54) is 6.07 Å². The molecule has 2 atom stereocenters. The maximum absolute atomic E-state index is 11.8. The summed E-state index contributed by atoms with van der Waals surface area (Å²) in [6, 6.07) is 19.9. The van der Waals surface area contributed by atoms with Crippen molar-refractivity contribution in [1.29, 1.82) is 0 Å². The van der Waals surface area contributed by atoms with E-state index >= 15 is 0 Å². The van der Waals surface area contributed by atoms with E-state index in [2.05, 4.69) is 0 Å². The lowest BCUT2D eigenvalue weighted by molar-refractivity contribution is -0.386. The van der Waals surface area contributed by atoms with Crippen LogP contribution in [0.4, 0.5) is 5.69 Å². The van der Waals surface area contributed by atoms with Gasteiger partial charge in [0.05, 0.1) is 25.7 Å². The fourth-order valence-corrected chi connectivity index (χ4v) is 4.27. The highest BCUT2D eigenvalue weighted by atomic mass is 16.6. The standard InChI is InChI=1S/C27H28N2O7/c1-33-25-11-8-20(14-26(25)34-2)12-22-18-36-27(16-30)28(22)15-21-9-10-24(23(13-21)29(31)32)35-17-19-6-4-3-5-7-19/h3-11,13-14,16,22,27H,12,15,17-18H2,1-2H3/t22-,27?/m0/s1. The SMILES string of the molecule is COc1ccc(C[C@H]2COC(C=O)N2Cc2ccc(OCc3ccccc3)c([N+](=O)[O-])c2)cc1OC. The van der Waals surface area contributed by atoms with Crippen molar-refractivity contribution < 1.29 is 28.7 Å². The van der Waals surface area contributed by atoms with E-state index in [-0.39, 0.29) is 24.1 Å². The monoisotopic (exact) mass is 492 g/mol. The molecule has 1 unspecified atom stereocenters. The molecule has 3 aromatic carbocycles. The number of aldehydes is 1. The highest BCUT2D eigenvalue weighted by Gasteiger charge is 2.34. The van der Waals surface area contributed by atoms with Gasteiger partial charge in [-0.2, -0.15) is 0 Å². The number of ether oxygens (including phenoxy) is 4. The summed E-state index contributed by atoms with van der Waals surface area (Å²) in [5, 5.41) is 11.8. The van der Waals surface area contributed by atoms with E-state index in [1.807, 2.05) is 53.4 Å². The average molecular weight is 493 g/mol. The zero-order valence-corrected chi connectivity index (χ0v) is 20.2. The second kappa shape index (κ2) is 11.7. The molecule has 0 amide bonds. The van der Waals surface area contributed by atoms with Crippen molar-refractivity contribution in [2.24, 2.45) is 0 Å². The van der Waals surface area contributed by atoms with Crippen molar-refractivity contribution in [2.75, 3.05) is 20.8 Å². The first-order valence-corrected chi connectivity index (χ1v) is 11.5. The first-order valence-electron chi connectivity index (χ1n) is 11.5. The molecule has 9 nitrogen and oxygen atoms in total. The maximum atomic E-state index is 11.8. The summed E-state index contributed by atoms with van der Waals surface area (Å²) in [6.45, 7) is 0.890. The molecule has 1 fully saturated rings. The van der Waals surface area contributed by atoms with E-state index in [9.17, 15) is 14.9 Å². The molecule has 188 valence electrons. The fraction of sp³-hybridized carbons (Fsp3) is 0.296. The van der Waals surface area contributed by atoms with E-state index in [0.717, 1.165) is 17.4 Å². The van der Waals surface area contributed by atoms with Crippen molar-refractivity contribution >= 4 is 12.0 Å². The maximum Gasteiger partial charge on any atom is 0.311 e. The predicted octanol–water partition coefficient (Wildman–Crippen LogP) is 4.16. The van der Waals surface area contributed by atoms with Crippen molar-refractivity contribution in [3.8, 4) is 17.2 Å². The highest BCUT2D eigenvalue weighted by Crippen LogP contribution is 2.32. The van der Waals surface area contributed by atoms with Gasteiger partial charge in [0.2, 0.25) is 0 Å². The zero-order valence-electron chi connectivity index (χ0n) is 20.2. The number of hydrogen-bond acceptors (Lipinski definition) is 8. The first-order chi connectivity index (χ1) is 17.5. The minimum Gasteiger partial charge on any atom is -0.493 e. The largest absolute Gasteiger partial charge is 0.493 e. The molecule has 0 saturated carbocycles. The molecule has 36 heavy (non-hydrogen) atoms. The molecule has 1 saturated heterocycles. The number of hydrogen-bond donors (Lipinski definition) is 0. The molecular weight excluding hydrogens is 464 g/mol. The molecule has 1 heterocycles. The van der Waals surface area contributed by atoms with Gasteiger partial charge in [0.25, 0.3) is 0 Å². The number of nitro benzene ring substituents is 1. The normalized spacial score (nSPS) is 17.5. The van der Waals surface area contributed by atoms with Gasteiger partial charge in [0.1, 0.15) is 6.61 Å². The van der Waals surface area contributed by atoms with E-state index in [1.54, 1.807) is 26.4 Å². The lowest BCUT2D eigenvalue weighted by Crippen LogP contribution is -2.38. The van der Waals surface area contributed by atoms with E-state index in [4.69, 9.17) is 18.9 Å². The molecule has 4 rings (SSSR count). The van der Waals surface area contributed by atoms with Gasteiger partial charge in [-0.15, -0.1) is 0 Å². The molecule has 1 aliphatic rings. The molecule has 9 heteroatoms. The van der Waals surface area contributed by atoms with Crippen LogP contribution in [-0.2, 0) is 29.1 Å². The van der Waals surface area contributed by atoms with Crippen LogP contribution >= 0.6 is 0 Å². The number of carbonyl (C=O) groups is 1. The second-order valence-corrected chi connectivity index (χ2v) is 8.41. The molecule has 0 bridgehead atoms. The Morgan fingerprint density at radius 1 is 0.972 bits per heavy atom. The van der Waals surface area contributed by atoms with Gasteiger partial charge in [0, 0.05) is 18.7 Å². The van der Waals surface area contributed by atoms with Crippen LogP contribution in [0.25, 0.3) is 0 Å². The zero-order chi connectivity index (χ0) is 25.5. The van der Waals surface area contributed by atoms with Crippen LogP contribution in [0, 0.1) is 10.1 Å². The van der Waals surface area contributed by atoms with E-state index < -0.39 is 11.2 Å². The van der Waals surface area contributed by atoms with Crippen LogP contribution in [0.2, 0.25) is 0 Å². The molecule has 0 spiro atoms. The number of nitrogens with zero attached hydrogens (tertiary/aromatic N) is 2. The van der Waals surface area contributed by atoms with Gasteiger partial charge in [-0.25, -0.2) is 0 Å². The molecule has 0 aromatic heterocycles. The van der Waals surface area contributed by atoms with Crippen molar-refractivity contribution in [3.63, 3.8) is 0 Å². The third kappa shape index (κ3) is 5.81. The third-order valence-corrected chi connectivity index (χ3v) is 6.11. The Kier molecular flexibility index (Phi) is 8.14. The van der Waals surface area contributed by atoms with Gasteiger partial charge in [0.15, 0.2) is 29.8 Å². The molecule has 3 aromatic rings. The van der Waals surface area contributed by atoms with Crippen molar-refractivity contribution in [1.82, 2.24) is 4.90 Å². The Labute approximate surface area is 209 Å². The quantitative estimate of drug-likeness (QED) is 0.224. The minimum atomic E-state index is -0.733. The summed E-state index contributed by atoms with van der Waals surface area (Å²) < 4.78 is 22.1. The Bertz CT molecular complexity index is 1200. The Morgan fingerprint density at radius 2 is 1.69 bits per heavy atom. The summed E-state index contributed by atoms with van der Waals surface area (Å²) >= 11 is 0. The summed E-state index contributed by atoms with van der Waals surface area (Å²) in [4.78, 5) is 24.9. The molecule has 0 aliphatic carbocycles. The minimum absolute atomic E-state index is 0.105. The fourth-order valence-electron chi connectivity index (χ4n) is 4.27. The van der Waals surface area contributed by atoms with E-state index in [0.29, 0.717) is 36.6 Å². The van der Waals surface area contributed by atoms with Gasteiger partial charge >= 0.3 is 5.69 Å². The number of rotatable bonds is 11. The van der Waals surface area contributed by atoms with Gasteiger partial charge in [-0.3, -0.25) is 19.8 Å². The van der Waals surface area contributed by atoms with Gasteiger partial charge < -0.3 is 18.9 Å². The Balaban J connectivity index is 1.51. The van der Waals surface area contributed by atoms with Crippen LogP contribution < -0.4 is 14.2 Å². The average Bonchev–Trinajstić information content (AvgIpc) is 3.28. The third-order valence-electron chi connectivity index (χ3n) is 6.11. The molecular formula is C27H28N2O7. The number of carbonyl (C=O) groups excluding carboxylic acids is 1. The Hall–Kier alpha value is -3.95. The first kappa shape index (κ1) is 25.2. The second-order valence-electron chi connectivity index (χ2n) is 8.41. The lowest BCUT2D eigenvalue weighted by atomic mass is 10.0. The van der Waals surface area contributed by atoms with Crippen LogP contribution in [0.3, 0.4) is 0 Å². The van der Waals surface area contributed by atoms with Crippen LogP contribution in [0.1, 0.15) is 16.7 Å².